The number of nitrogens with one attached hydrogen (secondary N) is 2. The summed E-state index contributed by atoms with van der Waals surface area (Å²) in [6.45, 7) is 1.98. The molecule has 0 aliphatic rings. The maximum Gasteiger partial charge on any atom is 0.234 e. The van der Waals surface area contributed by atoms with Crippen LogP contribution >= 0.6 is 11.8 Å². The van der Waals surface area contributed by atoms with E-state index in [1.165, 1.54) is 11.8 Å². The van der Waals surface area contributed by atoms with Crippen LogP contribution in [0.3, 0.4) is 0 Å². The third kappa shape index (κ3) is 4.14. The molecule has 2 aromatic rings. The molecule has 22 heavy (non-hydrogen) atoms. The number of nitrogens with zero attached hydrogens (tertiary/aromatic N) is 2. The minimum absolute atomic E-state index is 0.167. The molecule has 0 spiro atoms. The Morgan fingerprint density at radius 1 is 1.36 bits per heavy atom. The van der Waals surface area contributed by atoms with Crippen LogP contribution in [0.4, 0.5) is 5.69 Å². The molecular weight excluding hydrogens is 304 g/mol. The standard InChI is InChI=1S/C14H18N4O3S/c1-4-12-16-14(18-17-12)22-8-13(19)15-10-7-9(20-2)5-6-11(10)21-3/h5-7H,4,8H2,1-3H3,(H,15,19)(H,16,17,18). The number of hydrogen-bond acceptors (Lipinski definition) is 6. The average molecular weight is 322 g/mol. The Morgan fingerprint density at radius 2 is 2.18 bits per heavy atom. The van der Waals surface area contributed by atoms with E-state index in [0.717, 1.165) is 12.2 Å². The van der Waals surface area contributed by atoms with Gasteiger partial charge in [0.25, 0.3) is 0 Å². The van der Waals surface area contributed by atoms with Gasteiger partial charge in [0.15, 0.2) is 0 Å². The predicted molar refractivity (Wildman–Crippen MR) is 84.7 cm³/mol. The van der Waals surface area contributed by atoms with Gasteiger partial charge in [0.05, 0.1) is 25.7 Å². The van der Waals surface area contributed by atoms with Crippen molar-refractivity contribution >= 4 is 23.4 Å². The number of carbonyl (C=O) groups is 1. The molecule has 1 amide bonds. The Kier molecular flexibility index (Phi) is 5.65. The van der Waals surface area contributed by atoms with Crippen LogP contribution in [0, 0.1) is 0 Å². The highest BCUT2D eigenvalue weighted by Gasteiger charge is 2.11. The lowest BCUT2D eigenvalue weighted by Crippen LogP contribution is -2.15. The van der Waals surface area contributed by atoms with Crippen LogP contribution < -0.4 is 14.8 Å². The van der Waals surface area contributed by atoms with Crippen molar-refractivity contribution in [3.05, 3.63) is 24.0 Å². The van der Waals surface area contributed by atoms with Crippen LogP contribution in [0.5, 0.6) is 11.5 Å². The van der Waals surface area contributed by atoms with Crippen LogP contribution in [-0.4, -0.2) is 41.1 Å². The van der Waals surface area contributed by atoms with E-state index in [0.29, 0.717) is 22.3 Å². The molecule has 0 saturated heterocycles. The highest BCUT2D eigenvalue weighted by atomic mass is 32.2. The van der Waals surface area contributed by atoms with Crippen molar-refractivity contribution in [1.82, 2.24) is 15.2 Å². The molecular formula is C14H18N4O3S. The summed E-state index contributed by atoms with van der Waals surface area (Å²) in [5, 5.41) is 10.2. The number of benzene rings is 1. The molecule has 0 fully saturated rings. The quantitative estimate of drug-likeness (QED) is 0.759. The van der Waals surface area contributed by atoms with Gasteiger partial charge in [-0.3, -0.25) is 9.89 Å². The van der Waals surface area contributed by atoms with Gasteiger partial charge in [0.1, 0.15) is 17.3 Å². The lowest BCUT2D eigenvalue weighted by molar-refractivity contribution is -0.113. The fraction of sp³-hybridized carbons (Fsp3) is 0.357. The third-order valence-corrected chi connectivity index (χ3v) is 3.71. The second-order valence-corrected chi connectivity index (χ2v) is 5.26. The molecule has 1 aromatic heterocycles. The number of methoxy groups -OCH3 is 2. The minimum atomic E-state index is -0.167. The molecule has 0 bridgehead atoms. The largest absolute Gasteiger partial charge is 0.497 e. The number of hydrogen-bond donors (Lipinski definition) is 2. The van der Waals surface area contributed by atoms with Crippen LogP contribution in [-0.2, 0) is 11.2 Å². The summed E-state index contributed by atoms with van der Waals surface area (Å²) >= 11 is 1.27. The van der Waals surface area contributed by atoms with E-state index in [1.54, 1.807) is 32.4 Å². The van der Waals surface area contributed by atoms with Gasteiger partial charge in [-0.1, -0.05) is 18.7 Å². The summed E-state index contributed by atoms with van der Waals surface area (Å²) in [6.07, 6.45) is 0.779. The number of rotatable bonds is 7. The second kappa shape index (κ2) is 7.69. The molecule has 1 aromatic carbocycles. The monoisotopic (exact) mass is 322 g/mol. The highest BCUT2D eigenvalue weighted by Crippen LogP contribution is 2.29. The number of H-pyrrole nitrogens is 1. The van der Waals surface area contributed by atoms with E-state index in [2.05, 4.69) is 20.5 Å². The Morgan fingerprint density at radius 3 is 2.82 bits per heavy atom. The Hall–Kier alpha value is -2.22. The number of ether oxygens (including phenoxy) is 2. The molecule has 118 valence electrons. The minimum Gasteiger partial charge on any atom is -0.497 e. The van der Waals surface area contributed by atoms with Crippen molar-refractivity contribution in [3.8, 4) is 11.5 Å². The number of aromatic nitrogens is 3. The van der Waals surface area contributed by atoms with Crippen molar-refractivity contribution in [2.75, 3.05) is 25.3 Å². The van der Waals surface area contributed by atoms with Crippen LogP contribution in [0.25, 0.3) is 0 Å². The van der Waals surface area contributed by atoms with Crippen LogP contribution in [0.15, 0.2) is 23.4 Å². The zero-order valence-electron chi connectivity index (χ0n) is 12.7. The highest BCUT2D eigenvalue weighted by molar-refractivity contribution is 7.99. The molecule has 2 N–H and O–H groups in total. The smallest absolute Gasteiger partial charge is 0.234 e. The topological polar surface area (TPSA) is 89.1 Å². The van der Waals surface area contributed by atoms with Crippen molar-refractivity contribution in [3.63, 3.8) is 0 Å². The zero-order chi connectivity index (χ0) is 15.9. The molecule has 7 nitrogen and oxygen atoms in total. The fourth-order valence-electron chi connectivity index (χ4n) is 1.73. The van der Waals surface area contributed by atoms with Gasteiger partial charge in [0.2, 0.25) is 11.1 Å². The molecule has 8 heteroatoms. The van der Waals surface area contributed by atoms with Gasteiger partial charge in [-0.2, -0.15) is 0 Å². The Balaban J connectivity index is 1.96. The van der Waals surface area contributed by atoms with Gasteiger partial charge < -0.3 is 14.8 Å². The SMILES string of the molecule is CCc1nc(SCC(=O)Nc2cc(OC)ccc2OC)n[nH]1. The van der Waals surface area contributed by atoms with Crippen LogP contribution in [0.2, 0.25) is 0 Å². The van der Waals surface area contributed by atoms with Gasteiger partial charge in [-0.15, -0.1) is 5.10 Å². The lowest BCUT2D eigenvalue weighted by Gasteiger charge is -2.11. The van der Waals surface area contributed by atoms with E-state index < -0.39 is 0 Å². The first-order valence-electron chi connectivity index (χ1n) is 6.72. The molecule has 1 heterocycles. The summed E-state index contributed by atoms with van der Waals surface area (Å²) < 4.78 is 10.4. The first kappa shape index (κ1) is 16.2. The molecule has 0 aliphatic carbocycles. The van der Waals surface area contributed by atoms with E-state index >= 15 is 0 Å². The lowest BCUT2D eigenvalue weighted by atomic mass is 10.2. The van der Waals surface area contributed by atoms with Crippen molar-refractivity contribution in [1.29, 1.82) is 0 Å². The maximum atomic E-state index is 12.0. The fourth-order valence-corrected chi connectivity index (χ4v) is 2.35. The molecule has 0 aliphatic heterocycles. The first-order chi connectivity index (χ1) is 10.7. The molecule has 2 rings (SSSR count). The maximum absolute atomic E-state index is 12.0. The Labute approximate surface area is 132 Å². The Bertz CT molecular complexity index is 645. The predicted octanol–water partition coefficient (Wildman–Crippen LogP) is 2.12. The average Bonchev–Trinajstić information content (AvgIpc) is 3.01. The van der Waals surface area contributed by atoms with E-state index in [1.807, 2.05) is 6.92 Å². The van der Waals surface area contributed by atoms with Gasteiger partial charge in [-0.05, 0) is 12.1 Å². The van der Waals surface area contributed by atoms with Crippen molar-refractivity contribution < 1.29 is 14.3 Å². The number of thioether (sulfide) groups is 1. The zero-order valence-corrected chi connectivity index (χ0v) is 13.5. The molecule has 0 radical (unpaired) electrons. The first-order valence-corrected chi connectivity index (χ1v) is 7.70. The normalized spacial score (nSPS) is 10.3. The van der Waals surface area contributed by atoms with E-state index in [-0.39, 0.29) is 11.7 Å². The van der Waals surface area contributed by atoms with Crippen molar-refractivity contribution in [2.45, 2.75) is 18.5 Å². The number of amides is 1. The number of aryl methyl sites for hydroxylation is 1. The molecule has 0 unspecified atom stereocenters. The van der Waals surface area contributed by atoms with Gasteiger partial charge in [-0.25, -0.2) is 4.98 Å². The summed E-state index contributed by atoms with van der Waals surface area (Å²) in [7, 11) is 3.12. The van der Waals surface area contributed by atoms with Gasteiger partial charge >= 0.3 is 0 Å². The van der Waals surface area contributed by atoms with E-state index in [4.69, 9.17) is 9.47 Å². The van der Waals surface area contributed by atoms with Crippen molar-refractivity contribution in [2.24, 2.45) is 0 Å². The summed E-state index contributed by atoms with van der Waals surface area (Å²) in [5.74, 6) is 2.06. The summed E-state index contributed by atoms with van der Waals surface area (Å²) in [6, 6.07) is 5.22. The van der Waals surface area contributed by atoms with Gasteiger partial charge in [0, 0.05) is 12.5 Å². The van der Waals surface area contributed by atoms with Crippen LogP contribution in [0.1, 0.15) is 12.7 Å². The summed E-state index contributed by atoms with van der Waals surface area (Å²) in [4.78, 5) is 16.3. The van der Waals surface area contributed by atoms with E-state index in [9.17, 15) is 4.79 Å². The second-order valence-electron chi connectivity index (χ2n) is 4.32. The molecule has 0 atom stereocenters. The number of aromatic amines is 1. The number of anilines is 1. The summed E-state index contributed by atoms with van der Waals surface area (Å²) in [5.41, 5.74) is 0.566. The molecule has 0 saturated carbocycles. The number of carbonyl (C=O) groups excluding carboxylic acids is 1. The third-order valence-electron chi connectivity index (χ3n) is 2.86.